The van der Waals surface area contributed by atoms with Crippen LogP contribution in [-0.2, 0) is 9.47 Å². The lowest BCUT2D eigenvalue weighted by atomic mass is 9.99. The van der Waals surface area contributed by atoms with Crippen molar-refractivity contribution in [3.63, 3.8) is 0 Å². The summed E-state index contributed by atoms with van der Waals surface area (Å²) in [6.45, 7) is 4.76. The lowest BCUT2D eigenvalue weighted by Crippen LogP contribution is -2.40. The normalized spacial score (nSPS) is 14.5. The SMILES string of the molecule is COCC(CCC(C)(C)OC)NN. The van der Waals surface area contributed by atoms with Gasteiger partial charge in [-0.25, -0.2) is 0 Å². The molecule has 0 heterocycles. The Bertz CT molecular complexity index is 129. The van der Waals surface area contributed by atoms with Gasteiger partial charge in [0.1, 0.15) is 0 Å². The molecule has 13 heavy (non-hydrogen) atoms. The molecule has 0 aromatic rings. The highest BCUT2D eigenvalue weighted by atomic mass is 16.5. The van der Waals surface area contributed by atoms with Crippen molar-refractivity contribution in [3.8, 4) is 0 Å². The van der Waals surface area contributed by atoms with E-state index in [2.05, 4.69) is 19.3 Å². The second-order valence-corrected chi connectivity index (χ2v) is 3.82. The summed E-state index contributed by atoms with van der Waals surface area (Å²) >= 11 is 0. The van der Waals surface area contributed by atoms with Crippen LogP contribution in [0, 0.1) is 0 Å². The van der Waals surface area contributed by atoms with Crippen molar-refractivity contribution >= 4 is 0 Å². The fourth-order valence-electron chi connectivity index (χ4n) is 1.04. The van der Waals surface area contributed by atoms with Gasteiger partial charge in [0.25, 0.3) is 0 Å². The third kappa shape index (κ3) is 5.99. The van der Waals surface area contributed by atoms with Gasteiger partial charge in [0.2, 0.25) is 0 Å². The van der Waals surface area contributed by atoms with Crippen molar-refractivity contribution in [3.05, 3.63) is 0 Å². The Hall–Kier alpha value is -0.160. The van der Waals surface area contributed by atoms with Gasteiger partial charge in [-0.3, -0.25) is 11.3 Å². The van der Waals surface area contributed by atoms with Gasteiger partial charge < -0.3 is 9.47 Å². The molecule has 0 aromatic carbocycles. The average molecular weight is 190 g/mol. The topological polar surface area (TPSA) is 56.5 Å². The lowest BCUT2D eigenvalue weighted by Gasteiger charge is -2.25. The molecule has 0 rings (SSSR count). The summed E-state index contributed by atoms with van der Waals surface area (Å²) in [5, 5.41) is 0. The smallest absolute Gasteiger partial charge is 0.0629 e. The van der Waals surface area contributed by atoms with Crippen LogP contribution in [0.15, 0.2) is 0 Å². The van der Waals surface area contributed by atoms with E-state index in [0.29, 0.717) is 6.61 Å². The summed E-state index contributed by atoms with van der Waals surface area (Å²) in [6.07, 6.45) is 1.91. The van der Waals surface area contributed by atoms with Gasteiger partial charge in [-0.05, 0) is 26.7 Å². The molecule has 1 atom stereocenters. The number of nitrogens with two attached hydrogens (primary N) is 1. The van der Waals surface area contributed by atoms with Gasteiger partial charge in [-0.2, -0.15) is 0 Å². The standard InChI is InChI=1S/C9H22N2O2/c1-9(2,13-4)6-5-8(11-10)7-12-3/h8,11H,5-7,10H2,1-4H3. The van der Waals surface area contributed by atoms with E-state index in [1.165, 1.54) is 0 Å². The molecule has 0 saturated heterocycles. The molecule has 4 nitrogen and oxygen atoms in total. The number of hydrogen-bond donors (Lipinski definition) is 2. The Kier molecular flexibility index (Phi) is 6.24. The minimum atomic E-state index is -0.0805. The lowest BCUT2D eigenvalue weighted by molar-refractivity contribution is 0.00936. The summed E-state index contributed by atoms with van der Waals surface area (Å²) < 4.78 is 10.3. The minimum absolute atomic E-state index is 0.0805. The largest absolute Gasteiger partial charge is 0.383 e. The number of rotatable bonds is 7. The summed E-state index contributed by atoms with van der Waals surface area (Å²) in [7, 11) is 3.40. The first-order valence-electron chi connectivity index (χ1n) is 4.56. The van der Waals surface area contributed by atoms with E-state index in [4.69, 9.17) is 15.3 Å². The molecule has 0 aliphatic carbocycles. The molecule has 0 bridgehead atoms. The van der Waals surface area contributed by atoms with Crippen molar-refractivity contribution in [2.45, 2.75) is 38.3 Å². The molecular weight excluding hydrogens is 168 g/mol. The third-order valence-electron chi connectivity index (χ3n) is 2.25. The summed E-state index contributed by atoms with van der Waals surface area (Å²) in [4.78, 5) is 0. The second-order valence-electron chi connectivity index (χ2n) is 3.82. The van der Waals surface area contributed by atoms with Gasteiger partial charge in [-0.1, -0.05) is 0 Å². The van der Waals surface area contributed by atoms with Gasteiger partial charge in [0.15, 0.2) is 0 Å². The molecule has 0 aliphatic heterocycles. The maximum absolute atomic E-state index is 5.36. The van der Waals surface area contributed by atoms with E-state index in [1.807, 2.05) is 0 Å². The van der Waals surface area contributed by atoms with Crippen LogP contribution in [0.25, 0.3) is 0 Å². The van der Waals surface area contributed by atoms with Crippen molar-refractivity contribution in [2.24, 2.45) is 5.84 Å². The van der Waals surface area contributed by atoms with Crippen molar-refractivity contribution in [1.29, 1.82) is 0 Å². The van der Waals surface area contributed by atoms with Crippen LogP contribution in [-0.4, -0.2) is 32.5 Å². The summed E-state index contributed by atoms with van der Waals surface area (Å²) in [5.41, 5.74) is 2.64. The first-order valence-corrected chi connectivity index (χ1v) is 4.56. The summed E-state index contributed by atoms with van der Waals surface area (Å²) in [6, 6.07) is 0.208. The molecule has 1 unspecified atom stereocenters. The van der Waals surface area contributed by atoms with Gasteiger partial charge >= 0.3 is 0 Å². The molecular formula is C9H22N2O2. The quantitative estimate of drug-likeness (QED) is 0.457. The van der Waals surface area contributed by atoms with Crippen LogP contribution < -0.4 is 11.3 Å². The highest BCUT2D eigenvalue weighted by Gasteiger charge is 2.18. The predicted octanol–water partition coefficient (Wildman–Crippen LogP) is 0.670. The van der Waals surface area contributed by atoms with Crippen molar-refractivity contribution in [1.82, 2.24) is 5.43 Å². The zero-order chi connectivity index (χ0) is 10.3. The Labute approximate surface area is 80.7 Å². The Morgan fingerprint density at radius 3 is 2.38 bits per heavy atom. The van der Waals surface area contributed by atoms with Crippen molar-refractivity contribution in [2.75, 3.05) is 20.8 Å². The molecule has 0 saturated carbocycles. The first kappa shape index (κ1) is 12.8. The molecule has 80 valence electrons. The van der Waals surface area contributed by atoms with E-state index in [0.717, 1.165) is 12.8 Å². The van der Waals surface area contributed by atoms with Crippen LogP contribution in [0.3, 0.4) is 0 Å². The average Bonchev–Trinajstić information content (AvgIpc) is 2.12. The van der Waals surface area contributed by atoms with Gasteiger partial charge in [0.05, 0.1) is 12.2 Å². The van der Waals surface area contributed by atoms with E-state index in [1.54, 1.807) is 14.2 Å². The maximum atomic E-state index is 5.36. The molecule has 0 aliphatic rings. The van der Waals surface area contributed by atoms with E-state index in [-0.39, 0.29) is 11.6 Å². The van der Waals surface area contributed by atoms with Crippen LogP contribution >= 0.6 is 0 Å². The zero-order valence-corrected chi connectivity index (χ0v) is 9.09. The highest BCUT2D eigenvalue weighted by molar-refractivity contribution is 4.72. The van der Waals surface area contributed by atoms with Gasteiger partial charge in [-0.15, -0.1) is 0 Å². The number of nitrogens with one attached hydrogen (secondary N) is 1. The maximum Gasteiger partial charge on any atom is 0.0629 e. The van der Waals surface area contributed by atoms with Gasteiger partial charge in [0, 0.05) is 20.3 Å². The molecule has 0 spiro atoms. The number of hydrazine groups is 1. The molecule has 0 radical (unpaired) electrons. The Balaban J connectivity index is 3.70. The Morgan fingerprint density at radius 1 is 1.38 bits per heavy atom. The number of methoxy groups -OCH3 is 2. The molecule has 0 amide bonds. The molecule has 4 heteroatoms. The zero-order valence-electron chi connectivity index (χ0n) is 9.09. The first-order chi connectivity index (χ1) is 6.05. The summed E-state index contributed by atoms with van der Waals surface area (Å²) in [5.74, 6) is 5.36. The van der Waals surface area contributed by atoms with Crippen LogP contribution in [0.4, 0.5) is 0 Å². The third-order valence-corrected chi connectivity index (χ3v) is 2.25. The minimum Gasteiger partial charge on any atom is -0.383 e. The monoisotopic (exact) mass is 190 g/mol. The van der Waals surface area contributed by atoms with E-state index >= 15 is 0 Å². The second kappa shape index (κ2) is 6.32. The van der Waals surface area contributed by atoms with E-state index < -0.39 is 0 Å². The van der Waals surface area contributed by atoms with Crippen LogP contribution in [0.5, 0.6) is 0 Å². The number of hydrogen-bond acceptors (Lipinski definition) is 4. The molecule has 0 aromatic heterocycles. The molecule has 0 fully saturated rings. The number of ether oxygens (including phenoxy) is 2. The van der Waals surface area contributed by atoms with Crippen LogP contribution in [0.2, 0.25) is 0 Å². The van der Waals surface area contributed by atoms with Crippen molar-refractivity contribution < 1.29 is 9.47 Å². The highest BCUT2D eigenvalue weighted by Crippen LogP contribution is 2.16. The fraction of sp³-hybridized carbons (Fsp3) is 1.00. The van der Waals surface area contributed by atoms with E-state index in [9.17, 15) is 0 Å². The predicted molar refractivity (Wildman–Crippen MR) is 53.3 cm³/mol. The fourth-order valence-corrected chi connectivity index (χ4v) is 1.04. The Morgan fingerprint density at radius 2 is 2.00 bits per heavy atom. The molecule has 3 N–H and O–H groups in total. The van der Waals surface area contributed by atoms with Crippen LogP contribution in [0.1, 0.15) is 26.7 Å².